The van der Waals surface area contributed by atoms with E-state index >= 15 is 0 Å². The van der Waals surface area contributed by atoms with E-state index in [4.69, 9.17) is 55.9 Å². The van der Waals surface area contributed by atoms with Gasteiger partial charge in [-0.25, -0.2) is 82.6 Å². The molecule has 4 atom stereocenters. The number of carbonyl (C=O) groups is 6. The van der Waals surface area contributed by atoms with Gasteiger partial charge in [-0.3, -0.25) is 19.2 Å². The molecular weight excluding hydrogens is 1810 g/mol. The molecule has 0 radical (unpaired) electrons. The van der Waals surface area contributed by atoms with Crippen LogP contribution in [0, 0.1) is 11.7 Å². The third-order valence-electron chi connectivity index (χ3n) is 19.7. The van der Waals surface area contributed by atoms with Gasteiger partial charge in [-0.05, 0) is 81.5 Å². The van der Waals surface area contributed by atoms with Gasteiger partial charge in [0.15, 0.2) is 34.9 Å². The number of piperidine rings is 1. The predicted molar refractivity (Wildman–Crippen MR) is 466 cm³/mol. The molecule has 129 heavy (non-hydrogen) atoms. The number of H-pyrrole nitrogens is 4. The second kappa shape index (κ2) is 41.4. The zero-order valence-corrected chi connectivity index (χ0v) is 71.4. The number of hydrogen-bond donors (Lipinski definition) is 9. The minimum absolute atomic E-state index is 0. The van der Waals surface area contributed by atoms with E-state index < -0.39 is 123 Å². The van der Waals surface area contributed by atoms with Crippen molar-refractivity contribution in [1.29, 1.82) is 0 Å². The molecule has 3 aliphatic heterocycles. The van der Waals surface area contributed by atoms with Crippen LogP contribution in [0.15, 0.2) is 117 Å². The zero-order valence-electron chi connectivity index (χ0n) is 68.3. The summed E-state index contributed by atoms with van der Waals surface area (Å²) >= 11 is 24.2. The Morgan fingerprint density at radius 3 is 1.28 bits per heavy atom. The summed E-state index contributed by atoms with van der Waals surface area (Å²) in [6, 6.07) is 7.58. The molecule has 0 unspecified atom stereocenters. The second-order valence-electron chi connectivity index (χ2n) is 29.5. The maximum atomic E-state index is 14.7. The summed E-state index contributed by atoms with van der Waals surface area (Å²) in [5, 5.41) is 15.4. The van der Waals surface area contributed by atoms with Crippen molar-refractivity contribution in [3.05, 3.63) is 143 Å². The molecule has 0 aromatic carbocycles. The second-order valence-corrected chi connectivity index (χ2v) is 31.3. The van der Waals surface area contributed by atoms with Gasteiger partial charge in [-0.15, -0.1) is 0 Å². The van der Waals surface area contributed by atoms with Crippen molar-refractivity contribution in [2.24, 2.45) is 5.92 Å². The molecule has 0 bridgehead atoms. The number of halogens is 16. The molecule has 12 aromatic heterocycles. The minimum Gasteiger partial charge on any atom is -0.453 e. The van der Waals surface area contributed by atoms with Crippen molar-refractivity contribution < 1.29 is 101 Å². The lowest BCUT2D eigenvalue weighted by Crippen LogP contribution is -2.61. The van der Waals surface area contributed by atoms with Crippen LogP contribution in [0.1, 0.15) is 56.9 Å². The first-order valence-corrected chi connectivity index (χ1v) is 40.7. The Bertz CT molecular complexity index is 6050. The summed E-state index contributed by atoms with van der Waals surface area (Å²) in [7, 11) is 1.19. The quantitative estimate of drug-likeness (QED) is 0.0320. The Balaban J connectivity index is 0.000000316. The number of rotatable bonds is 20. The summed E-state index contributed by atoms with van der Waals surface area (Å²) in [4.78, 5) is 145. The average molecular weight is 1900 g/mol. The van der Waals surface area contributed by atoms with Crippen LogP contribution in [0.2, 0.25) is 20.1 Å². The number of anilines is 4. The molecule has 15 rings (SSSR count). The molecule has 15 heterocycles. The van der Waals surface area contributed by atoms with Crippen LogP contribution in [0.25, 0.3) is 89.7 Å². The number of fused-ring (bicyclic) bond motifs is 4. The Kier molecular flexibility index (Phi) is 30.5. The van der Waals surface area contributed by atoms with Gasteiger partial charge in [-0.2, -0.15) is 39.5 Å². The van der Waals surface area contributed by atoms with E-state index in [1.807, 2.05) is 29.8 Å². The van der Waals surface area contributed by atoms with Crippen molar-refractivity contribution in [3.8, 4) is 45.6 Å². The summed E-state index contributed by atoms with van der Waals surface area (Å²) in [5.74, 6) is -1.95. The van der Waals surface area contributed by atoms with E-state index in [1.54, 1.807) is 92.2 Å². The maximum absolute atomic E-state index is 14.7. The normalized spacial score (nSPS) is 15.8. The molecule has 12 aromatic rings. The number of ether oxygens (including phenoxy) is 2. The molecule has 6 amide bonds. The molecule has 3 aliphatic rings. The summed E-state index contributed by atoms with van der Waals surface area (Å²) in [6.45, 7) is 2.41. The minimum atomic E-state index is -4.59. The molecule has 0 spiro atoms. The molecule has 50 heteroatoms. The number of alkyl halides is 11. The molecule has 34 nitrogen and oxygen atoms in total. The van der Waals surface area contributed by atoms with Crippen molar-refractivity contribution in [2.45, 2.75) is 102 Å². The fourth-order valence-corrected chi connectivity index (χ4v) is 14.5. The van der Waals surface area contributed by atoms with Crippen molar-refractivity contribution in [3.63, 3.8) is 0 Å². The highest BCUT2D eigenvalue weighted by molar-refractivity contribution is 6.32. The van der Waals surface area contributed by atoms with E-state index in [0.29, 0.717) is 129 Å². The largest absolute Gasteiger partial charge is 0.453 e. The molecular formula is C79H92Cl4F12N26O8. The predicted octanol–water partition coefficient (Wildman–Crippen LogP) is 15.1. The van der Waals surface area contributed by atoms with Gasteiger partial charge in [0.25, 0.3) is 6.43 Å². The van der Waals surface area contributed by atoms with Gasteiger partial charge in [-0.1, -0.05) is 60.3 Å². The van der Waals surface area contributed by atoms with Crippen LogP contribution in [0.5, 0.6) is 0 Å². The third-order valence-corrected chi connectivity index (χ3v) is 20.6. The summed E-state index contributed by atoms with van der Waals surface area (Å²) < 4.78 is 163. The maximum Gasteiger partial charge on any atom is 0.410 e. The van der Waals surface area contributed by atoms with Crippen LogP contribution in [0.3, 0.4) is 0 Å². The van der Waals surface area contributed by atoms with E-state index in [0.717, 1.165) is 11.6 Å². The SMILES string of the molecule is CC(C)OC(=O)N1CCN(c2ccnc(-c3c[nH]c4ncc(Cl)cc34)n2)[C@H](C(=O)NCC(F)(F)F)C1.CC(C)[C@@H](Nc1ccnc(-c2c[nH]c3ncc(Cl)cc23)n1)C(=O)NCC(F)F.COC(=O)N1CCN(c2ccnc(-c3c[nH]c4ncc(Cl)cc34)n2)[C@H](C(=O)NCC(F)(F)F)C1.O=C(NCC(F)(F)F)[C@@H]1CCCCN1c1nc(-c2c[nH]c3ncc(Cl)cc23)ncc1F.[HH].[HH].[HH].[HH].[HH].[HH].[HH]. The van der Waals surface area contributed by atoms with Gasteiger partial charge >= 0.3 is 30.7 Å². The monoisotopic (exact) mass is 1900 g/mol. The number of aromatic nitrogens is 16. The molecule has 698 valence electrons. The molecule has 3 fully saturated rings. The van der Waals surface area contributed by atoms with Gasteiger partial charge < -0.3 is 80.5 Å². The van der Waals surface area contributed by atoms with E-state index in [2.05, 4.69) is 90.4 Å². The zero-order chi connectivity index (χ0) is 92.9. The molecule has 0 aliphatic carbocycles. The summed E-state index contributed by atoms with van der Waals surface area (Å²) in [6.07, 6.45) is 1.69. The Labute approximate surface area is 753 Å². The van der Waals surface area contributed by atoms with Crippen LogP contribution in [-0.2, 0) is 28.7 Å². The van der Waals surface area contributed by atoms with Crippen LogP contribution in [0.4, 0.5) is 85.5 Å². The van der Waals surface area contributed by atoms with Gasteiger partial charge in [0.2, 0.25) is 23.6 Å². The van der Waals surface area contributed by atoms with Gasteiger partial charge in [0.1, 0.15) is 83.8 Å². The Morgan fingerprint density at radius 2 is 0.884 bits per heavy atom. The highest BCUT2D eigenvalue weighted by Crippen LogP contribution is 2.36. The van der Waals surface area contributed by atoms with Gasteiger partial charge in [0.05, 0.1) is 59.1 Å². The Hall–Kier alpha value is -13.0. The third kappa shape index (κ3) is 24.7. The van der Waals surface area contributed by atoms with Crippen molar-refractivity contribution in [1.82, 2.24) is 111 Å². The first-order chi connectivity index (χ1) is 61.2. The van der Waals surface area contributed by atoms with E-state index in [9.17, 15) is 81.5 Å². The number of aromatic amines is 4. The van der Waals surface area contributed by atoms with E-state index in [1.165, 1.54) is 63.9 Å². The fourth-order valence-electron chi connectivity index (χ4n) is 13.8. The lowest BCUT2D eigenvalue weighted by molar-refractivity contribution is -0.139. The standard InChI is InChI=1S/C22H23ClF3N7O3.C20H19ClF3N7O3.C19H17ClF4N6O.C18H19ClF2N6O.7H2/c1-12(2)36-21(35)32-5-6-33(16(10-32)20(34)30-11-22(24,25)26)17-3-4-27-19(31-17)15-9-29-18-14(15)7-13(23)8-28-18;1-34-19(33)30-4-5-31(14(9-30)18(32)28-10-20(22,23)24)15-2-3-25-17(29-15)13-8-27-16-12(13)6-11(21)7-26-16;20-10-5-11-12(7-26-15(11)25-6-10)16-27-8-13(21)17(29-16)30-4-2-1-3-14(30)18(31)28-9-19(22,23)24;1-9(2)15(18(28)25-8-13(20)21)26-14-3-4-22-17(27-14)12-7-24-16-11(12)5-10(19)6-23-16;;;;;;;/h3-4,7-9,12,16H,5-6,10-11H2,1-2H3,(H,28,29)(H,30,34);2-3,6-8,14H,4-5,9-10H2,1H3,(H,26,27)(H,28,32);5-8,14H,1-4,9H2,(H,25,26)(H,28,31);3-7,9,13,15H,8H2,1-2H3,(H,23,24)(H,25,28)(H,22,26,27);7*1H/t16-;2*14-;15-;;;;;;;/m0001......./s1. The number of nitrogens with zero attached hydrogens (tertiary/aromatic N) is 17. The molecule has 3 saturated heterocycles. The fraction of sp³-hybridized carbons (Fsp3) is 0.367. The summed E-state index contributed by atoms with van der Waals surface area (Å²) in [5.41, 5.74) is 4.79. The lowest BCUT2D eigenvalue weighted by Gasteiger charge is -2.40. The number of methoxy groups -OCH3 is 1. The topological polar surface area (TPSA) is 415 Å². The van der Waals surface area contributed by atoms with Crippen LogP contribution < -0.4 is 41.3 Å². The number of amides is 6. The van der Waals surface area contributed by atoms with Crippen LogP contribution in [-0.4, -0.2) is 260 Å². The number of hydrogen-bond acceptors (Lipinski definition) is 24. The lowest BCUT2D eigenvalue weighted by atomic mass is 10.0. The number of nitrogens with one attached hydrogen (secondary N) is 9. The Morgan fingerprint density at radius 1 is 0.488 bits per heavy atom. The van der Waals surface area contributed by atoms with Crippen molar-refractivity contribution >= 4 is 150 Å². The smallest absolute Gasteiger partial charge is 0.410 e. The average Bonchev–Trinajstić information content (AvgIpc) is 1.68. The highest BCUT2D eigenvalue weighted by atomic mass is 35.5. The van der Waals surface area contributed by atoms with E-state index in [-0.39, 0.29) is 79.8 Å². The van der Waals surface area contributed by atoms with Crippen molar-refractivity contribution in [2.75, 3.05) is 99.1 Å². The number of pyridine rings is 4. The molecule has 0 saturated carbocycles. The first kappa shape index (κ1) is 95.1. The van der Waals surface area contributed by atoms with Gasteiger partial charge in [0, 0.05) is 155 Å². The molecule has 9 N–H and O–H groups in total. The first-order valence-electron chi connectivity index (χ1n) is 39.2. The number of carbonyl (C=O) groups excluding carboxylic acids is 6. The van der Waals surface area contributed by atoms with Crippen LogP contribution >= 0.6 is 46.4 Å². The number of piperazine rings is 2. The highest BCUT2D eigenvalue weighted by Gasteiger charge is 2.42.